The third kappa shape index (κ3) is 2.69. The number of nitrogens with zero attached hydrogens (tertiary/aromatic N) is 2. The van der Waals surface area contributed by atoms with Crippen molar-refractivity contribution in [3.8, 4) is 5.75 Å². The number of methoxy groups -OCH3 is 1. The highest BCUT2D eigenvalue weighted by Crippen LogP contribution is 2.31. The van der Waals surface area contributed by atoms with Crippen LogP contribution < -0.4 is 10.1 Å². The zero-order valence-corrected chi connectivity index (χ0v) is 12.7. The number of aromatic nitrogens is 1. The lowest BCUT2D eigenvalue weighted by Crippen LogP contribution is -2.48. The van der Waals surface area contributed by atoms with Gasteiger partial charge >= 0.3 is 0 Å². The highest BCUT2D eigenvalue weighted by Gasteiger charge is 2.31. The topological polar surface area (TPSA) is 67.6 Å². The van der Waals surface area contributed by atoms with Crippen LogP contribution in [0.5, 0.6) is 5.75 Å². The van der Waals surface area contributed by atoms with E-state index in [4.69, 9.17) is 9.26 Å². The van der Waals surface area contributed by atoms with E-state index < -0.39 is 0 Å². The summed E-state index contributed by atoms with van der Waals surface area (Å²) in [5, 5.41) is 7.18. The van der Waals surface area contributed by atoms with Crippen molar-refractivity contribution >= 4 is 5.91 Å². The third-order valence-electron chi connectivity index (χ3n) is 3.85. The number of aryl methyl sites for hydroxylation is 1. The number of carbonyl (C=O) groups is 1. The molecule has 2 heterocycles. The highest BCUT2D eigenvalue weighted by molar-refractivity contribution is 5.92. The normalized spacial score (nSPS) is 18.3. The second-order valence-electron chi connectivity index (χ2n) is 5.28. The molecule has 1 amide bonds. The van der Waals surface area contributed by atoms with Crippen LogP contribution in [0.4, 0.5) is 0 Å². The number of piperazine rings is 1. The van der Waals surface area contributed by atoms with Gasteiger partial charge in [-0.05, 0) is 13.0 Å². The maximum Gasteiger partial charge on any atom is 0.276 e. The number of ether oxygens (including phenoxy) is 1. The largest absolute Gasteiger partial charge is 0.496 e. The Balaban J connectivity index is 1.93. The first-order valence-corrected chi connectivity index (χ1v) is 7.28. The molecule has 0 aliphatic carbocycles. The minimum Gasteiger partial charge on any atom is -0.496 e. The summed E-state index contributed by atoms with van der Waals surface area (Å²) >= 11 is 0. The van der Waals surface area contributed by atoms with Gasteiger partial charge in [0.25, 0.3) is 5.91 Å². The van der Waals surface area contributed by atoms with Gasteiger partial charge in [0.2, 0.25) is 0 Å². The monoisotopic (exact) mass is 301 g/mol. The minimum absolute atomic E-state index is 0.0885. The molecule has 1 atom stereocenters. The smallest absolute Gasteiger partial charge is 0.276 e. The highest BCUT2D eigenvalue weighted by atomic mass is 16.5. The van der Waals surface area contributed by atoms with Gasteiger partial charge in [0.05, 0.1) is 13.2 Å². The molecular weight excluding hydrogens is 282 g/mol. The second-order valence-corrected chi connectivity index (χ2v) is 5.28. The maximum absolute atomic E-state index is 12.7. The fourth-order valence-corrected chi connectivity index (χ4v) is 2.78. The number of amides is 1. The van der Waals surface area contributed by atoms with E-state index in [0.29, 0.717) is 24.5 Å². The van der Waals surface area contributed by atoms with Crippen LogP contribution in [-0.2, 0) is 0 Å². The molecule has 6 heteroatoms. The van der Waals surface area contributed by atoms with Crippen molar-refractivity contribution in [1.29, 1.82) is 0 Å². The van der Waals surface area contributed by atoms with Gasteiger partial charge < -0.3 is 19.5 Å². The summed E-state index contributed by atoms with van der Waals surface area (Å²) in [5.74, 6) is 1.30. The standard InChI is InChI=1S/C16H19N3O3/c1-11-9-13(18-22-11)16(20)19-8-7-17-10-14(19)12-5-3-4-6-15(12)21-2/h3-6,9,14,17H,7-8,10H2,1-2H3. The molecule has 2 aromatic rings. The lowest BCUT2D eigenvalue weighted by atomic mass is 10.0. The van der Waals surface area contributed by atoms with Gasteiger partial charge in [-0.25, -0.2) is 0 Å². The first-order chi connectivity index (χ1) is 10.7. The summed E-state index contributed by atoms with van der Waals surface area (Å²) in [6.07, 6.45) is 0. The molecule has 1 saturated heterocycles. The molecule has 1 fully saturated rings. The second kappa shape index (κ2) is 6.19. The first-order valence-electron chi connectivity index (χ1n) is 7.28. The van der Waals surface area contributed by atoms with E-state index in [1.165, 1.54) is 0 Å². The van der Waals surface area contributed by atoms with Crippen molar-refractivity contribution in [2.45, 2.75) is 13.0 Å². The fourth-order valence-electron chi connectivity index (χ4n) is 2.78. The molecule has 116 valence electrons. The minimum atomic E-state index is -0.116. The Morgan fingerprint density at radius 1 is 1.45 bits per heavy atom. The molecule has 1 aromatic carbocycles. The summed E-state index contributed by atoms with van der Waals surface area (Å²) in [7, 11) is 1.64. The van der Waals surface area contributed by atoms with E-state index in [0.717, 1.165) is 17.9 Å². The maximum atomic E-state index is 12.7. The summed E-state index contributed by atoms with van der Waals surface area (Å²) in [6, 6.07) is 9.36. The Morgan fingerprint density at radius 2 is 2.27 bits per heavy atom. The Hall–Kier alpha value is -2.34. The molecule has 0 radical (unpaired) electrons. The molecule has 1 aromatic heterocycles. The first kappa shape index (κ1) is 14.6. The van der Waals surface area contributed by atoms with Crippen LogP contribution in [0.15, 0.2) is 34.9 Å². The molecule has 0 spiro atoms. The summed E-state index contributed by atoms with van der Waals surface area (Å²) in [4.78, 5) is 14.6. The molecule has 0 saturated carbocycles. The average molecular weight is 301 g/mol. The molecule has 22 heavy (non-hydrogen) atoms. The van der Waals surface area contributed by atoms with Crippen LogP contribution >= 0.6 is 0 Å². The number of para-hydroxylation sites is 1. The lowest BCUT2D eigenvalue weighted by molar-refractivity contribution is 0.0621. The third-order valence-corrected chi connectivity index (χ3v) is 3.85. The van der Waals surface area contributed by atoms with E-state index in [1.807, 2.05) is 29.2 Å². The Morgan fingerprint density at radius 3 is 3.00 bits per heavy atom. The van der Waals surface area contributed by atoms with Crippen molar-refractivity contribution in [2.75, 3.05) is 26.7 Å². The van der Waals surface area contributed by atoms with Gasteiger partial charge in [-0.1, -0.05) is 23.4 Å². The molecule has 6 nitrogen and oxygen atoms in total. The number of nitrogens with one attached hydrogen (secondary N) is 1. The van der Waals surface area contributed by atoms with Crippen LogP contribution in [0.25, 0.3) is 0 Å². The molecule has 3 rings (SSSR count). The fraction of sp³-hybridized carbons (Fsp3) is 0.375. The van der Waals surface area contributed by atoms with Gasteiger partial charge in [0.15, 0.2) is 5.69 Å². The number of carbonyl (C=O) groups excluding carboxylic acids is 1. The van der Waals surface area contributed by atoms with E-state index >= 15 is 0 Å². The van der Waals surface area contributed by atoms with Gasteiger partial charge in [0.1, 0.15) is 11.5 Å². The predicted molar refractivity (Wildman–Crippen MR) is 80.9 cm³/mol. The quantitative estimate of drug-likeness (QED) is 0.936. The SMILES string of the molecule is COc1ccccc1C1CNCCN1C(=O)c1cc(C)on1. The van der Waals surface area contributed by atoms with Crippen LogP contribution in [0.2, 0.25) is 0 Å². The van der Waals surface area contributed by atoms with Gasteiger partial charge in [-0.2, -0.15) is 0 Å². The zero-order chi connectivity index (χ0) is 15.5. The Bertz CT molecular complexity index is 668. The van der Waals surface area contributed by atoms with E-state index in [-0.39, 0.29) is 11.9 Å². The van der Waals surface area contributed by atoms with E-state index in [2.05, 4.69) is 10.5 Å². The number of hydrogen-bond acceptors (Lipinski definition) is 5. The van der Waals surface area contributed by atoms with Crippen LogP contribution in [-0.4, -0.2) is 42.7 Å². The molecule has 0 bridgehead atoms. The molecule has 1 aliphatic rings. The number of hydrogen-bond donors (Lipinski definition) is 1. The molecule has 1 unspecified atom stereocenters. The number of rotatable bonds is 3. The van der Waals surface area contributed by atoms with Crippen LogP contribution in [0.1, 0.15) is 27.9 Å². The molecule has 1 aliphatic heterocycles. The van der Waals surface area contributed by atoms with Crippen molar-refractivity contribution in [1.82, 2.24) is 15.4 Å². The van der Waals surface area contributed by atoms with Crippen LogP contribution in [0.3, 0.4) is 0 Å². The van der Waals surface area contributed by atoms with E-state index in [9.17, 15) is 4.79 Å². The van der Waals surface area contributed by atoms with Crippen molar-refractivity contribution in [3.05, 3.63) is 47.3 Å². The van der Waals surface area contributed by atoms with Gasteiger partial charge in [0, 0.05) is 31.3 Å². The van der Waals surface area contributed by atoms with Crippen molar-refractivity contribution in [3.63, 3.8) is 0 Å². The summed E-state index contributed by atoms with van der Waals surface area (Å²) < 4.78 is 10.5. The van der Waals surface area contributed by atoms with Gasteiger partial charge in [-0.3, -0.25) is 4.79 Å². The lowest BCUT2D eigenvalue weighted by Gasteiger charge is -2.36. The Labute approximate surface area is 129 Å². The molecular formula is C16H19N3O3. The number of benzene rings is 1. The Kier molecular flexibility index (Phi) is 4.11. The van der Waals surface area contributed by atoms with Crippen molar-refractivity contribution < 1.29 is 14.1 Å². The predicted octanol–water partition coefficient (Wildman–Crippen LogP) is 1.78. The van der Waals surface area contributed by atoms with Crippen molar-refractivity contribution in [2.24, 2.45) is 0 Å². The van der Waals surface area contributed by atoms with Crippen LogP contribution in [0, 0.1) is 6.92 Å². The molecule has 1 N–H and O–H groups in total. The van der Waals surface area contributed by atoms with E-state index in [1.54, 1.807) is 20.1 Å². The zero-order valence-electron chi connectivity index (χ0n) is 12.7. The average Bonchev–Trinajstić information content (AvgIpc) is 3.00. The summed E-state index contributed by atoms with van der Waals surface area (Å²) in [5.41, 5.74) is 1.34. The summed E-state index contributed by atoms with van der Waals surface area (Å²) in [6.45, 7) is 3.84. The van der Waals surface area contributed by atoms with Gasteiger partial charge in [-0.15, -0.1) is 0 Å².